The van der Waals surface area contributed by atoms with Crippen LogP contribution in [0.5, 0.6) is 0 Å². The number of aliphatic hydroxyl groups excluding tert-OH is 1. The highest BCUT2D eigenvalue weighted by molar-refractivity contribution is 9.10. The van der Waals surface area contributed by atoms with Crippen molar-refractivity contribution in [3.63, 3.8) is 0 Å². The highest BCUT2D eigenvalue weighted by Gasteiger charge is 2.14. The van der Waals surface area contributed by atoms with Crippen LogP contribution < -0.4 is 0 Å². The lowest BCUT2D eigenvalue weighted by Gasteiger charge is -2.13. The molecule has 0 radical (unpaired) electrons. The van der Waals surface area contributed by atoms with Gasteiger partial charge in [0.1, 0.15) is 11.9 Å². The SMILES string of the molecule is OC(Cc1ccc(F)c(Br)c1)c1nccc2ccccc12. The van der Waals surface area contributed by atoms with Crippen LogP contribution in [0.3, 0.4) is 0 Å². The Morgan fingerprint density at radius 2 is 1.95 bits per heavy atom. The molecule has 0 aliphatic rings. The zero-order chi connectivity index (χ0) is 14.8. The van der Waals surface area contributed by atoms with Crippen molar-refractivity contribution in [2.75, 3.05) is 0 Å². The Morgan fingerprint density at radius 3 is 2.76 bits per heavy atom. The average molecular weight is 346 g/mol. The molecule has 4 heteroatoms. The normalized spacial score (nSPS) is 12.5. The zero-order valence-corrected chi connectivity index (χ0v) is 12.7. The lowest BCUT2D eigenvalue weighted by Crippen LogP contribution is -2.05. The Balaban J connectivity index is 1.93. The van der Waals surface area contributed by atoms with Crippen LogP contribution in [0.25, 0.3) is 10.8 Å². The molecule has 3 aromatic rings. The first-order valence-corrected chi connectivity index (χ1v) is 7.40. The average Bonchev–Trinajstić information content (AvgIpc) is 2.50. The van der Waals surface area contributed by atoms with E-state index < -0.39 is 6.10 Å². The molecule has 3 rings (SSSR count). The number of aromatic nitrogens is 1. The van der Waals surface area contributed by atoms with Gasteiger partial charge in [0, 0.05) is 18.0 Å². The molecule has 1 N–H and O–H groups in total. The molecule has 1 atom stereocenters. The highest BCUT2D eigenvalue weighted by Crippen LogP contribution is 2.26. The first-order chi connectivity index (χ1) is 10.1. The van der Waals surface area contributed by atoms with Crippen LogP contribution in [0.2, 0.25) is 0 Å². The van der Waals surface area contributed by atoms with Gasteiger partial charge in [-0.15, -0.1) is 0 Å². The topological polar surface area (TPSA) is 33.1 Å². The van der Waals surface area contributed by atoms with E-state index in [0.29, 0.717) is 16.6 Å². The number of benzene rings is 2. The van der Waals surface area contributed by atoms with Gasteiger partial charge in [-0.25, -0.2) is 4.39 Å². The fourth-order valence-corrected chi connectivity index (χ4v) is 2.82. The molecule has 0 fully saturated rings. The Hall–Kier alpha value is -1.78. The van der Waals surface area contributed by atoms with E-state index in [-0.39, 0.29) is 5.82 Å². The minimum atomic E-state index is -0.728. The maximum Gasteiger partial charge on any atom is 0.137 e. The van der Waals surface area contributed by atoms with Gasteiger partial charge < -0.3 is 5.11 Å². The largest absolute Gasteiger partial charge is 0.386 e. The monoisotopic (exact) mass is 345 g/mol. The maximum absolute atomic E-state index is 13.2. The van der Waals surface area contributed by atoms with E-state index >= 15 is 0 Å². The second-order valence-corrected chi connectivity index (χ2v) is 5.74. The van der Waals surface area contributed by atoms with E-state index in [2.05, 4.69) is 20.9 Å². The van der Waals surface area contributed by atoms with Gasteiger partial charge in [-0.2, -0.15) is 0 Å². The van der Waals surface area contributed by atoms with Crippen molar-refractivity contribution in [3.8, 4) is 0 Å². The molecule has 0 aliphatic carbocycles. The van der Waals surface area contributed by atoms with Gasteiger partial charge in [-0.3, -0.25) is 4.98 Å². The molecule has 1 unspecified atom stereocenters. The van der Waals surface area contributed by atoms with E-state index in [9.17, 15) is 9.50 Å². The molecule has 2 nitrogen and oxygen atoms in total. The number of fused-ring (bicyclic) bond motifs is 1. The number of pyridine rings is 1. The first kappa shape index (κ1) is 14.2. The molecule has 1 aromatic heterocycles. The summed E-state index contributed by atoms with van der Waals surface area (Å²) in [4.78, 5) is 4.31. The van der Waals surface area contributed by atoms with Crippen LogP contribution in [-0.2, 0) is 6.42 Å². The van der Waals surface area contributed by atoms with Crippen LogP contribution in [0.4, 0.5) is 4.39 Å². The van der Waals surface area contributed by atoms with E-state index in [1.807, 2.05) is 30.3 Å². The number of rotatable bonds is 3. The molecular weight excluding hydrogens is 333 g/mol. The fourth-order valence-electron chi connectivity index (χ4n) is 2.40. The molecule has 21 heavy (non-hydrogen) atoms. The lowest BCUT2D eigenvalue weighted by atomic mass is 10.0. The third-order valence-corrected chi connectivity index (χ3v) is 4.04. The number of halogens is 2. The summed E-state index contributed by atoms with van der Waals surface area (Å²) in [6, 6.07) is 14.5. The van der Waals surface area contributed by atoms with Gasteiger partial charge in [-0.1, -0.05) is 30.3 Å². The number of hydrogen-bond acceptors (Lipinski definition) is 2. The quantitative estimate of drug-likeness (QED) is 0.762. The van der Waals surface area contributed by atoms with Gasteiger partial charge in [0.25, 0.3) is 0 Å². The smallest absolute Gasteiger partial charge is 0.137 e. The summed E-state index contributed by atoms with van der Waals surface area (Å²) in [6.07, 6.45) is 1.36. The summed E-state index contributed by atoms with van der Waals surface area (Å²) in [6.45, 7) is 0. The molecule has 0 saturated carbocycles. The van der Waals surface area contributed by atoms with Crippen LogP contribution in [0.1, 0.15) is 17.4 Å². The Labute approximate surface area is 130 Å². The second kappa shape index (κ2) is 5.92. The van der Waals surface area contributed by atoms with Crippen molar-refractivity contribution in [2.24, 2.45) is 0 Å². The van der Waals surface area contributed by atoms with Crippen LogP contribution in [0.15, 0.2) is 59.2 Å². The number of nitrogens with zero attached hydrogens (tertiary/aromatic N) is 1. The summed E-state index contributed by atoms with van der Waals surface area (Å²) < 4.78 is 13.6. The van der Waals surface area contributed by atoms with Crippen molar-refractivity contribution in [1.29, 1.82) is 0 Å². The standard InChI is InChI=1S/C17H13BrFNO/c18-14-9-11(5-6-15(14)19)10-16(21)17-13-4-2-1-3-12(13)7-8-20-17/h1-9,16,21H,10H2. The molecular formula is C17H13BrFNO. The molecule has 2 aromatic carbocycles. The summed E-state index contributed by atoms with van der Waals surface area (Å²) in [5, 5.41) is 12.4. The molecule has 0 aliphatic heterocycles. The predicted molar refractivity (Wildman–Crippen MR) is 84.5 cm³/mol. The van der Waals surface area contributed by atoms with Gasteiger partial charge in [0.15, 0.2) is 0 Å². The van der Waals surface area contributed by atoms with Crippen LogP contribution >= 0.6 is 15.9 Å². The van der Waals surface area contributed by atoms with E-state index in [4.69, 9.17) is 0 Å². The van der Waals surface area contributed by atoms with Gasteiger partial charge in [-0.05, 0) is 45.1 Å². The molecule has 106 valence electrons. The Kier molecular flexibility index (Phi) is 3.99. The molecule has 0 saturated heterocycles. The highest BCUT2D eigenvalue weighted by atomic mass is 79.9. The van der Waals surface area contributed by atoms with Crippen molar-refractivity contribution in [1.82, 2.24) is 4.98 Å². The lowest BCUT2D eigenvalue weighted by molar-refractivity contribution is 0.175. The fraction of sp³-hybridized carbons (Fsp3) is 0.118. The van der Waals surface area contributed by atoms with E-state index in [0.717, 1.165) is 16.3 Å². The number of aliphatic hydroxyl groups is 1. The first-order valence-electron chi connectivity index (χ1n) is 6.61. The summed E-state index contributed by atoms with van der Waals surface area (Å²) in [7, 11) is 0. The molecule has 0 amide bonds. The van der Waals surface area contributed by atoms with Gasteiger partial charge >= 0.3 is 0 Å². The van der Waals surface area contributed by atoms with Gasteiger partial charge in [0.05, 0.1) is 10.2 Å². The van der Waals surface area contributed by atoms with E-state index in [1.165, 1.54) is 6.07 Å². The second-order valence-electron chi connectivity index (χ2n) is 4.89. The minimum absolute atomic E-state index is 0.309. The van der Waals surface area contributed by atoms with Crippen molar-refractivity contribution in [2.45, 2.75) is 12.5 Å². The Morgan fingerprint density at radius 1 is 1.14 bits per heavy atom. The maximum atomic E-state index is 13.2. The number of hydrogen-bond donors (Lipinski definition) is 1. The molecule has 1 heterocycles. The third-order valence-electron chi connectivity index (χ3n) is 3.43. The Bertz CT molecular complexity index is 785. The molecule has 0 spiro atoms. The third kappa shape index (κ3) is 2.96. The van der Waals surface area contributed by atoms with Crippen molar-refractivity contribution in [3.05, 3.63) is 76.3 Å². The van der Waals surface area contributed by atoms with Crippen molar-refractivity contribution < 1.29 is 9.50 Å². The zero-order valence-electron chi connectivity index (χ0n) is 11.1. The summed E-state index contributed by atoms with van der Waals surface area (Å²) in [5.41, 5.74) is 1.50. The molecule has 0 bridgehead atoms. The van der Waals surface area contributed by atoms with E-state index in [1.54, 1.807) is 18.3 Å². The van der Waals surface area contributed by atoms with Gasteiger partial charge in [0.2, 0.25) is 0 Å². The summed E-state index contributed by atoms with van der Waals surface area (Å²) >= 11 is 3.16. The minimum Gasteiger partial charge on any atom is -0.386 e. The van der Waals surface area contributed by atoms with Crippen molar-refractivity contribution >= 4 is 26.7 Å². The summed E-state index contributed by atoms with van der Waals surface area (Å²) in [5.74, 6) is -0.309. The van der Waals surface area contributed by atoms with Crippen LogP contribution in [0, 0.1) is 5.82 Å². The predicted octanol–water partition coefficient (Wildman–Crippen LogP) is 4.41. The van der Waals surface area contributed by atoms with Crippen LogP contribution in [-0.4, -0.2) is 10.1 Å².